The summed E-state index contributed by atoms with van der Waals surface area (Å²) in [6.45, 7) is 2.77. The zero-order chi connectivity index (χ0) is 14.6. The standard InChI is InChI=1S/C14H18F2N2OS/c1-2-14(8-5-9-17-14)12(19)18-10-6-3-4-7-11(10)20-13(15)16/h3-4,6-7,13,17H,2,5,8-9H2,1H3,(H,18,19). The maximum Gasteiger partial charge on any atom is 0.288 e. The lowest BCUT2D eigenvalue weighted by Crippen LogP contribution is -2.50. The van der Waals surface area contributed by atoms with Crippen LogP contribution in [-0.2, 0) is 4.79 Å². The SMILES string of the molecule is CCC1(C(=O)Nc2ccccc2SC(F)F)CCCN1. The molecule has 1 aliphatic rings. The molecule has 0 saturated carbocycles. The lowest BCUT2D eigenvalue weighted by atomic mass is 9.93. The smallest absolute Gasteiger partial charge is 0.288 e. The van der Waals surface area contributed by atoms with Crippen LogP contribution >= 0.6 is 11.8 Å². The minimum absolute atomic E-state index is 0.139. The molecule has 2 rings (SSSR count). The van der Waals surface area contributed by atoms with Crippen LogP contribution in [0.2, 0.25) is 0 Å². The predicted octanol–water partition coefficient (Wildman–Crippen LogP) is 3.47. The number of carbonyl (C=O) groups excluding carboxylic acids is 1. The second kappa shape index (κ2) is 6.54. The topological polar surface area (TPSA) is 41.1 Å². The second-order valence-corrected chi connectivity index (χ2v) is 5.83. The number of nitrogens with one attached hydrogen (secondary N) is 2. The van der Waals surface area contributed by atoms with E-state index in [0.717, 1.165) is 19.4 Å². The van der Waals surface area contributed by atoms with Gasteiger partial charge in [0.2, 0.25) is 5.91 Å². The van der Waals surface area contributed by atoms with Crippen molar-refractivity contribution in [1.82, 2.24) is 5.32 Å². The molecule has 2 N–H and O–H groups in total. The van der Waals surface area contributed by atoms with Crippen molar-refractivity contribution in [2.24, 2.45) is 0 Å². The Kier molecular flexibility index (Phi) is 4.99. The molecule has 20 heavy (non-hydrogen) atoms. The van der Waals surface area contributed by atoms with Crippen LogP contribution in [0, 0.1) is 0 Å². The highest BCUT2D eigenvalue weighted by atomic mass is 32.2. The third-order valence-corrected chi connectivity index (χ3v) is 4.42. The van der Waals surface area contributed by atoms with Crippen LogP contribution in [-0.4, -0.2) is 23.7 Å². The largest absolute Gasteiger partial charge is 0.323 e. The highest BCUT2D eigenvalue weighted by Gasteiger charge is 2.39. The summed E-state index contributed by atoms with van der Waals surface area (Å²) in [5.74, 6) is -2.64. The molecule has 1 aromatic carbocycles. The predicted molar refractivity (Wildman–Crippen MR) is 77.2 cm³/mol. The first-order chi connectivity index (χ1) is 9.57. The lowest BCUT2D eigenvalue weighted by Gasteiger charge is -2.27. The molecule has 1 aliphatic heterocycles. The highest BCUT2D eigenvalue weighted by Crippen LogP contribution is 2.33. The zero-order valence-corrected chi connectivity index (χ0v) is 12.1. The van der Waals surface area contributed by atoms with Gasteiger partial charge in [0, 0.05) is 4.90 Å². The van der Waals surface area contributed by atoms with Crippen LogP contribution in [0.1, 0.15) is 26.2 Å². The Morgan fingerprint density at radius 1 is 1.50 bits per heavy atom. The van der Waals surface area contributed by atoms with Crippen LogP contribution < -0.4 is 10.6 Å². The van der Waals surface area contributed by atoms with Gasteiger partial charge >= 0.3 is 0 Å². The molecule has 1 heterocycles. The Bertz CT molecular complexity index is 476. The van der Waals surface area contributed by atoms with Crippen molar-refractivity contribution in [3.05, 3.63) is 24.3 Å². The van der Waals surface area contributed by atoms with Crippen molar-refractivity contribution in [1.29, 1.82) is 0 Å². The first kappa shape index (κ1) is 15.3. The van der Waals surface area contributed by atoms with E-state index in [1.54, 1.807) is 24.3 Å². The number of carbonyl (C=O) groups is 1. The van der Waals surface area contributed by atoms with Gasteiger partial charge in [0.1, 0.15) is 0 Å². The second-order valence-electron chi connectivity index (χ2n) is 4.79. The third kappa shape index (κ3) is 3.30. The average molecular weight is 300 g/mol. The fourth-order valence-electron chi connectivity index (χ4n) is 2.47. The molecule has 6 heteroatoms. The molecule has 1 atom stereocenters. The molecular formula is C14H18F2N2OS. The average Bonchev–Trinajstić information content (AvgIpc) is 2.90. The minimum Gasteiger partial charge on any atom is -0.323 e. The Hall–Kier alpha value is -1.14. The minimum atomic E-state index is -2.50. The van der Waals surface area contributed by atoms with E-state index in [9.17, 15) is 13.6 Å². The molecule has 0 bridgehead atoms. The molecule has 0 aliphatic carbocycles. The maximum atomic E-state index is 12.5. The molecule has 1 unspecified atom stereocenters. The number of rotatable bonds is 5. The van der Waals surface area contributed by atoms with Crippen molar-refractivity contribution in [3.8, 4) is 0 Å². The monoisotopic (exact) mass is 300 g/mol. The number of hydrogen-bond acceptors (Lipinski definition) is 3. The quantitative estimate of drug-likeness (QED) is 0.818. The first-order valence-electron chi connectivity index (χ1n) is 6.68. The first-order valence-corrected chi connectivity index (χ1v) is 7.56. The van der Waals surface area contributed by atoms with Gasteiger partial charge in [0.15, 0.2) is 0 Å². The molecule has 0 spiro atoms. The molecule has 1 saturated heterocycles. The number of amides is 1. The van der Waals surface area contributed by atoms with Crippen molar-refractivity contribution in [2.45, 2.75) is 42.4 Å². The van der Waals surface area contributed by atoms with Gasteiger partial charge in [-0.25, -0.2) is 0 Å². The number of thioether (sulfide) groups is 1. The summed E-state index contributed by atoms with van der Waals surface area (Å²) in [6.07, 6.45) is 2.41. The van der Waals surface area contributed by atoms with E-state index < -0.39 is 11.3 Å². The van der Waals surface area contributed by atoms with Gasteiger partial charge < -0.3 is 10.6 Å². The number of para-hydroxylation sites is 1. The summed E-state index contributed by atoms with van der Waals surface area (Å²) in [5, 5.41) is 6.03. The maximum absolute atomic E-state index is 12.5. The van der Waals surface area contributed by atoms with E-state index in [1.165, 1.54) is 0 Å². The molecule has 3 nitrogen and oxygen atoms in total. The number of hydrogen-bond donors (Lipinski definition) is 2. The van der Waals surface area contributed by atoms with Crippen molar-refractivity contribution in [2.75, 3.05) is 11.9 Å². The van der Waals surface area contributed by atoms with Crippen LogP contribution in [0.25, 0.3) is 0 Å². The Labute approximate surface area is 121 Å². The van der Waals surface area contributed by atoms with Gasteiger partial charge in [-0.1, -0.05) is 30.8 Å². The van der Waals surface area contributed by atoms with E-state index in [0.29, 0.717) is 28.8 Å². The van der Waals surface area contributed by atoms with Gasteiger partial charge in [0.25, 0.3) is 5.76 Å². The fourth-order valence-corrected chi connectivity index (χ4v) is 3.07. The molecule has 0 radical (unpaired) electrons. The molecule has 0 aromatic heterocycles. The van der Waals surface area contributed by atoms with Gasteiger partial charge in [-0.3, -0.25) is 4.79 Å². The Balaban J connectivity index is 2.15. The summed E-state index contributed by atoms with van der Waals surface area (Å²) in [4.78, 5) is 12.8. The van der Waals surface area contributed by atoms with E-state index in [-0.39, 0.29) is 5.91 Å². The summed E-state index contributed by atoms with van der Waals surface area (Å²) in [5.41, 5.74) is -0.118. The van der Waals surface area contributed by atoms with E-state index >= 15 is 0 Å². The van der Waals surface area contributed by atoms with Crippen LogP contribution in [0.15, 0.2) is 29.2 Å². The van der Waals surface area contributed by atoms with Gasteiger partial charge in [0.05, 0.1) is 11.2 Å². The van der Waals surface area contributed by atoms with Crippen molar-refractivity contribution < 1.29 is 13.6 Å². The van der Waals surface area contributed by atoms with Crippen LogP contribution in [0.4, 0.5) is 14.5 Å². The van der Waals surface area contributed by atoms with Gasteiger partial charge in [-0.2, -0.15) is 8.78 Å². The number of alkyl halides is 2. The summed E-state index contributed by atoms with van der Waals surface area (Å²) in [7, 11) is 0. The molecular weight excluding hydrogens is 282 g/mol. The van der Waals surface area contributed by atoms with Crippen molar-refractivity contribution in [3.63, 3.8) is 0 Å². The van der Waals surface area contributed by atoms with Gasteiger partial charge in [-0.15, -0.1) is 0 Å². The Morgan fingerprint density at radius 2 is 2.25 bits per heavy atom. The molecule has 110 valence electrons. The number of halogens is 2. The highest BCUT2D eigenvalue weighted by molar-refractivity contribution is 7.99. The van der Waals surface area contributed by atoms with E-state index in [1.807, 2.05) is 6.92 Å². The number of benzene rings is 1. The van der Waals surface area contributed by atoms with E-state index in [2.05, 4.69) is 10.6 Å². The third-order valence-electron chi connectivity index (χ3n) is 3.63. The van der Waals surface area contributed by atoms with Gasteiger partial charge in [-0.05, 0) is 37.9 Å². The zero-order valence-electron chi connectivity index (χ0n) is 11.3. The van der Waals surface area contributed by atoms with E-state index in [4.69, 9.17) is 0 Å². The summed E-state index contributed by atoms with van der Waals surface area (Å²) in [6, 6.07) is 6.66. The lowest BCUT2D eigenvalue weighted by molar-refractivity contribution is -0.122. The van der Waals surface area contributed by atoms with Crippen molar-refractivity contribution >= 4 is 23.4 Å². The summed E-state index contributed by atoms with van der Waals surface area (Å²) >= 11 is 0.448. The summed E-state index contributed by atoms with van der Waals surface area (Å²) < 4.78 is 25.0. The number of anilines is 1. The fraction of sp³-hybridized carbons (Fsp3) is 0.500. The molecule has 1 amide bonds. The molecule has 1 aromatic rings. The normalized spacial score (nSPS) is 22.2. The van der Waals surface area contributed by atoms with Crippen LogP contribution in [0.3, 0.4) is 0 Å². The van der Waals surface area contributed by atoms with Crippen LogP contribution in [0.5, 0.6) is 0 Å². The Morgan fingerprint density at radius 3 is 2.85 bits per heavy atom. The molecule has 1 fully saturated rings.